The van der Waals surface area contributed by atoms with E-state index in [1.54, 1.807) is 18.1 Å². The molecule has 20 heavy (non-hydrogen) atoms. The zero-order valence-corrected chi connectivity index (χ0v) is 11.9. The van der Waals surface area contributed by atoms with Gasteiger partial charge in [0.2, 0.25) is 11.2 Å². The van der Waals surface area contributed by atoms with E-state index in [0.717, 1.165) is 5.69 Å². The molecule has 1 atom stereocenters. The molecule has 1 amide bonds. The van der Waals surface area contributed by atoms with Crippen molar-refractivity contribution in [1.82, 2.24) is 9.97 Å². The lowest BCUT2D eigenvalue weighted by Gasteiger charge is -2.38. The molecule has 0 N–H and O–H groups in total. The Hall–Kier alpha value is -2.14. The minimum atomic E-state index is -0.346. The molecule has 1 aliphatic heterocycles. The van der Waals surface area contributed by atoms with E-state index in [1.165, 1.54) is 0 Å². The zero-order chi connectivity index (χ0) is 14.3. The molecule has 0 bridgehead atoms. The number of anilines is 3. The number of hydrogen-bond donors (Lipinski definition) is 0. The largest absolute Gasteiger partial charge is 0.312 e. The second-order valence-electron chi connectivity index (χ2n) is 4.63. The van der Waals surface area contributed by atoms with Gasteiger partial charge in [-0.25, -0.2) is 4.98 Å². The number of aromatic nitrogens is 2. The minimum Gasteiger partial charge on any atom is -0.312 e. The Morgan fingerprint density at radius 3 is 2.65 bits per heavy atom. The van der Waals surface area contributed by atoms with Crippen LogP contribution in [0.3, 0.4) is 0 Å². The van der Waals surface area contributed by atoms with Crippen LogP contribution >= 0.6 is 11.6 Å². The first-order chi connectivity index (χ1) is 9.59. The highest BCUT2D eigenvalue weighted by Crippen LogP contribution is 2.38. The van der Waals surface area contributed by atoms with Gasteiger partial charge in [-0.15, -0.1) is 0 Å². The van der Waals surface area contributed by atoms with Crippen LogP contribution in [0.2, 0.25) is 5.28 Å². The van der Waals surface area contributed by atoms with Crippen molar-refractivity contribution in [2.75, 3.05) is 16.8 Å². The van der Waals surface area contributed by atoms with Gasteiger partial charge in [-0.2, -0.15) is 4.98 Å². The zero-order valence-electron chi connectivity index (χ0n) is 11.1. The Labute approximate surface area is 121 Å². The van der Waals surface area contributed by atoms with Crippen LogP contribution in [-0.2, 0) is 4.79 Å². The second kappa shape index (κ2) is 4.76. The maximum Gasteiger partial charge on any atom is 0.249 e. The van der Waals surface area contributed by atoms with Gasteiger partial charge in [0.15, 0.2) is 5.82 Å². The molecule has 1 aromatic carbocycles. The number of rotatable bonds is 1. The normalized spacial score (nSPS) is 18.1. The first-order valence-electron chi connectivity index (χ1n) is 6.24. The van der Waals surface area contributed by atoms with Crippen LogP contribution in [0.1, 0.15) is 6.92 Å². The van der Waals surface area contributed by atoms with Gasteiger partial charge >= 0.3 is 0 Å². The molecule has 6 heteroatoms. The number of likely N-dealkylation sites (N-methyl/N-ethyl adjacent to an activating group) is 1. The molecule has 102 valence electrons. The number of benzene rings is 1. The number of para-hydroxylation sites is 1. The van der Waals surface area contributed by atoms with Gasteiger partial charge < -0.3 is 9.80 Å². The lowest BCUT2D eigenvalue weighted by Crippen LogP contribution is -2.49. The van der Waals surface area contributed by atoms with Gasteiger partial charge in [-0.1, -0.05) is 18.2 Å². The van der Waals surface area contributed by atoms with Gasteiger partial charge in [-0.05, 0) is 30.7 Å². The predicted molar refractivity (Wildman–Crippen MR) is 78.5 cm³/mol. The number of nitrogens with zero attached hydrogens (tertiary/aromatic N) is 4. The van der Waals surface area contributed by atoms with Crippen LogP contribution in [0.15, 0.2) is 36.5 Å². The summed E-state index contributed by atoms with van der Waals surface area (Å²) in [4.78, 5) is 24.1. The number of carbonyl (C=O) groups excluding carboxylic acids is 1. The third kappa shape index (κ3) is 1.91. The van der Waals surface area contributed by atoms with Crippen LogP contribution in [0.25, 0.3) is 0 Å². The Kier molecular flexibility index (Phi) is 3.06. The summed E-state index contributed by atoms with van der Waals surface area (Å²) in [6.07, 6.45) is 1.57. The number of halogens is 1. The lowest BCUT2D eigenvalue weighted by molar-refractivity contribution is -0.119. The summed E-state index contributed by atoms with van der Waals surface area (Å²) in [6.45, 7) is 1.85. The van der Waals surface area contributed by atoms with E-state index in [1.807, 2.05) is 42.2 Å². The van der Waals surface area contributed by atoms with Gasteiger partial charge in [0.1, 0.15) is 11.7 Å². The van der Waals surface area contributed by atoms with E-state index in [2.05, 4.69) is 9.97 Å². The van der Waals surface area contributed by atoms with Gasteiger partial charge in [0, 0.05) is 12.7 Å². The number of amides is 1. The van der Waals surface area contributed by atoms with Gasteiger partial charge in [-0.3, -0.25) is 4.79 Å². The van der Waals surface area contributed by atoms with Crippen molar-refractivity contribution in [3.63, 3.8) is 0 Å². The molecular formula is C14H13ClN4O. The minimum absolute atomic E-state index is 0.00715. The van der Waals surface area contributed by atoms with E-state index in [9.17, 15) is 4.79 Å². The molecule has 1 aromatic heterocycles. The molecule has 3 rings (SSSR count). The van der Waals surface area contributed by atoms with Crippen molar-refractivity contribution in [2.45, 2.75) is 13.0 Å². The van der Waals surface area contributed by atoms with Crippen molar-refractivity contribution >= 4 is 34.7 Å². The molecule has 0 radical (unpaired) electrons. The third-order valence-corrected chi connectivity index (χ3v) is 3.60. The van der Waals surface area contributed by atoms with Crippen molar-refractivity contribution in [1.29, 1.82) is 0 Å². The molecule has 1 unspecified atom stereocenters. The van der Waals surface area contributed by atoms with Crippen molar-refractivity contribution < 1.29 is 4.79 Å². The molecule has 0 fully saturated rings. The summed E-state index contributed by atoms with van der Waals surface area (Å²) >= 11 is 5.91. The van der Waals surface area contributed by atoms with Crippen LogP contribution < -0.4 is 9.80 Å². The molecule has 0 aliphatic carbocycles. The standard InChI is InChI=1S/C14H13ClN4O/c1-9-13(20)18(2)11-8-16-14(15)17-12(11)19(9)10-6-4-3-5-7-10/h3-9H,1-2H3. The Morgan fingerprint density at radius 1 is 1.25 bits per heavy atom. The maximum atomic E-state index is 12.4. The summed E-state index contributed by atoms with van der Waals surface area (Å²) in [7, 11) is 1.72. The molecule has 2 aromatic rings. The molecule has 5 nitrogen and oxygen atoms in total. The van der Waals surface area contributed by atoms with E-state index < -0.39 is 0 Å². The second-order valence-corrected chi connectivity index (χ2v) is 4.96. The van der Waals surface area contributed by atoms with Crippen LogP contribution in [-0.4, -0.2) is 29.0 Å². The predicted octanol–water partition coefficient (Wildman–Crippen LogP) is 2.63. The molecular weight excluding hydrogens is 276 g/mol. The highest BCUT2D eigenvalue weighted by atomic mass is 35.5. The van der Waals surface area contributed by atoms with Crippen LogP contribution in [0.5, 0.6) is 0 Å². The highest BCUT2D eigenvalue weighted by molar-refractivity contribution is 6.28. The summed E-state index contributed by atoms with van der Waals surface area (Å²) in [5.41, 5.74) is 1.55. The van der Waals surface area contributed by atoms with E-state index in [-0.39, 0.29) is 17.2 Å². The lowest BCUT2D eigenvalue weighted by atomic mass is 10.1. The Balaban J connectivity index is 2.21. The van der Waals surface area contributed by atoms with Crippen molar-refractivity contribution in [3.8, 4) is 0 Å². The fraction of sp³-hybridized carbons (Fsp3) is 0.214. The maximum absolute atomic E-state index is 12.4. The van der Waals surface area contributed by atoms with E-state index in [0.29, 0.717) is 11.5 Å². The number of carbonyl (C=O) groups is 1. The van der Waals surface area contributed by atoms with Gasteiger partial charge in [0.05, 0.1) is 6.20 Å². The number of hydrogen-bond acceptors (Lipinski definition) is 4. The summed E-state index contributed by atoms with van der Waals surface area (Å²) in [5, 5.41) is 0.166. The van der Waals surface area contributed by atoms with E-state index >= 15 is 0 Å². The molecule has 0 saturated carbocycles. The smallest absolute Gasteiger partial charge is 0.249 e. The Bertz CT molecular complexity index is 661. The summed E-state index contributed by atoms with van der Waals surface area (Å²) in [6, 6.07) is 9.31. The van der Waals surface area contributed by atoms with Crippen LogP contribution in [0.4, 0.5) is 17.2 Å². The monoisotopic (exact) mass is 288 g/mol. The molecule has 0 saturated heterocycles. The first kappa shape index (κ1) is 12.9. The molecule has 2 heterocycles. The van der Waals surface area contributed by atoms with Crippen molar-refractivity contribution in [3.05, 3.63) is 41.8 Å². The molecule has 0 spiro atoms. The Morgan fingerprint density at radius 2 is 1.95 bits per heavy atom. The average molecular weight is 289 g/mol. The topological polar surface area (TPSA) is 49.3 Å². The quantitative estimate of drug-likeness (QED) is 0.757. The molecule has 1 aliphatic rings. The van der Waals surface area contributed by atoms with Gasteiger partial charge in [0.25, 0.3) is 0 Å². The number of fused-ring (bicyclic) bond motifs is 1. The highest BCUT2D eigenvalue weighted by Gasteiger charge is 2.35. The van der Waals surface area contributed by atoms with Crippen LogP contribution in [0, 0.1) is 0 Å². The fourth-order valence-corrected chi connectivity index (χ4v) is 2.52. The van der Waals surface area contributed by atoms with Crippen molar-refractivity contribution in [2.24, 2.45) is 0 Å². The SMILES string of the molecule is CC1C(=O)N(C)c2cnc(Cl)nc2N1c1ccccc1. The first-order valence-corrected chi connectivity index (χ1v) is 6.62. The summed E-state index contributed by atoms with van der Waals surface area (Å²) < 4.78 is 0. The third-order valence-electron chi connectivity index (χ3n) is 3.42. The fourth-order valence-electron chi connectivity index (χ4n) is 2.39. The average Bonchev–Trinajstić information content (AvgIpc) is 2.46. The summed E-state index contributed by atoms with van der Waals surface area (Å²) in [5.74, 6) is 0.637. The van der Waals surface area contributed by atoms with E-state index in [4.69, 9.17) is 11.6 Å².